The van der Waals surface area contributed by atoms with Crippen LogP contribution >= 0.6 is 45.2 Å². The average molecular weight is 766 g/mol. The van der Waals surface area contributed by atoms with Crippen LogP contribution in [0.1, 0.15) is 10.4 Å². The molecule has 0 aliphatic carbocycles. The third-order valence-corrected chi connectivity index (χ3v) is 5.12. The van der Waals surface area contributed by atoms with E-state index in [1.807, 2.05) is 45.2 Å². The van der Waals surface area contributed by atoms with Crippen molar-refractivity contribution in [2.45, 2.75) is 0 Å². The third-order valence-electron chi connectivity index (χ3n) is 3.74. The van der Waals surface area contributed by atoms with E-state index in [0.29, 0.717) is 37.6 Å². The summed E-state index contributed by atoms with van der Waals surface area (Å²) in [6, 6.07) is 4.19. The molecule has 9 N–H and O–H groups in total. The van der Waals surface area contributed by atoms with Gasteiger partial charge >= 0.3 is 18.2 Å². The second-order valence-corrected chi connectivity index (χ2v) is 8.31. The zero-order valence-corrected chi connectivity index (χ0v) is 24.7. The highest BCUT2D eigenvalue weighted by atomic mass is 127. The van der Waals surface area contributed by atoms with Crippen molar-refractivity contribution < 1.29 is 43.3 Å². The Kier molecular flexibility index (Phi) is 21.0. The van der Waals surface area contributed by atoms with Crippen LogP contribution in [0, 0.1) is 0 Å². The van der Waals surface area contributed by atoms with Gasteiger partial charge in [0.1, 0.15) is 13.2 Å². The molecule has 0 heterocycles. The maximum absolute atomic E-state index is 11.3. The van der Waals surface area contributed by atoms with Crippen molar-refractivity contribution in [3.05, 3.63) is 23.8 Å². The van der Waals surface area contributed by atoms with Gasteiger partial charge in [-0.2, -0.15) is 0 Å². The zero-order chi connectivity index (χ0) is 28.8. The number of anilines is 2. The molecule has 1 aromatic rings. The zero-order valence-electron chi connectivity index (χ0n) is 20.4. The van der Waals surface area contributed by atoms with Crippen LogP contribution in [-0.4, -0.2) is 96.5 Å². The van der Waals surface area contributed by atoms with E-state index in [1.54, 1.807) is 0 Å². The fraction of sp³-hybridized carbons (Fsp3) is 0.476. The number of aromatic carboxylic acids is 1. The molecule has 15 nitrogen and oxygen atoms in total. The molecule has 0 saturated carbocycles. The number of carbonyl (C=O) groups excluding carboxylic acids is 4. The first-order valence-corrected chi connectivity index (χ1v) is 14.1. The Morgan fingerprint density at radius 2 is 1.16 bits per heavy atom. The Bertz CT molecular complexity index is 848. The molecule has 1 rings (SSSR count). The summed E-state index contributed by atoms with van der Waals surface area (Å²) < 4.78 is 15.1. The number of nitrogens with one attached hydrogen (secondary N) is 4. The summed E-state index contributed by atoms with van der Waals surface area (Å²) in [6.45, 7) is 2.14. The van der Waals surface area contributed by atoms with Crippen molar-refractivity contribution in [3.8, 4) is 0 Å². The number of alkyl halides is 2. The first-order valence-electron chi connectivity index (χ1n) is 11.1. The van der Waals surface area contributed by atoms with Gasteiger partial charge in [0.2, 0.25) is 11.8 Å². The molecule has 4 amide bonds. The Morgan fingerprint density at radius 1 is 0.737 bits per heavy atom. The number of hydrogen-bond acceptors (Lipinski definition) is 10. The molecule has 0 radical (unpaired) electrons. The lowest BCUT2D eigenvalue weighted by molar-refractivity contribution is -0.114. The highest BCUT2D eigenvalue weighted by molar-refractivity contribution is 14.1. The van der Waals surface area contributed by atoms with Gasteiger partial charge < -0.3 is 52.1 Å². The number of halogens is 2. The lowest BCUT2D eigenvalue weighted by Gasteiger charge is -2.09. The second kappa shape index (κ2) is 22.5. The third kappa shape index (κ3) is 18.7. The molecule has 0 aliphatic rings. The summed E-state index contributed by atoms with van der Waals surface area (Å²) in [6.07, 6.45) is -1.07. The van der Waals surface area contributed by atoms with E-state index in [1.165, 1.54) is 18.2 Å². The van der Waals surface area contributed by atoms with E-state index in [-0.39, 0.29) is 52.7 Å². The highest BCUT2D eigenvalue weighted by Gasteiger charge is 2.10. The lowest BCUT2D eigenvalue weighted by Crippen LogP contribution is -2.31. The van der Waals surface area contributed by atoms with Crippen LogP contribution in [-0.2, 0) is 23.8 Å². The Morgan fingerprint density at radius 3 is 1.50 bits per heavy atom. The van der Waals surface area contributed by atoms with Gasteiger partial charge in [0, 0.05) is 37.6 Å². The van der Waals surface area contributed by atoms with Crippen LogP contribution in [0.25, 0.3) is 0 Å². The minimum Gasteiger partial charge on any atom is -0.478 e. The summed E-state index contributed by atoms with van der Waals surface area (Å²) in [5, 5.41) is 19.0. The summed E-state index contributed by atoms with van der Waals surface area (Å²) in [5.74, 6) is -1.61. The van der Waals surface area contributed by atoms with Crippen molar-refractivity contribution in [1.82, 2.24) is 10.6 Å². The van der Waals surface area contributed by atoms with Crippen molar-refractivity contribution in [3.63, 3.8) is 0 Å². The van der Waals surface area contributed by atoms with Gasteiger partial charge in [0.25, 0.3) is 0 Å². The predicted octanol–water partition coefficient (Wildman–Crippen LogP) is 0.505. The van der Waals surface area contributed by atoms with Gasteiger partial charge in [-0.1, -0.05) is 45.2 Å². The topological polar surface area (TPSA) is 233 Å². The van der Waals surface area contributed by atoms with Gasteiger partial charge in [-0.15, -0.1) is 0 Å². The van der Waals surface area contributed by atoms with Gasteiger partial charge in [-0.05, 0) is 18.2 Å². The van der Waals surface area contributed by atoms with Crippen LogP contribution in [0.4, 0.5) is 21.0 Å². The first kappa shape index (κ1) is 35.5. The number of ether oxygens (including phenoxy) is 3. The Hall–Kier alpha value is -2.49. The van der Waals surface area contributed by atoms with Gasteiger partial charge in [0.05, 0.1) is 27.6 Å². The predicted molar refractivity (Wildman–Crippen MR) is 156 cm³/mol. The number of benzene rings is 1. The fourth-order valence-corrected chi connectivity index (χ4v) is 2.60. The Balaban J connectivity index is 0.000000721. The van der Waals surface area contributed by atoms with E-state index in [4.69, 9.17) is 30.8 Å². The van der Waals surface area contributed by atoms with Gasteiger partial charge in [-0.25, -0.2) is 14.4 Å². The van der Waals surface area contributed by atoms with Crippen LogP contribution < -0.4 is 32.7 Å². The second-order valence-electron chi connectivity index (χ2n) is 6.78. The molecule has 0 aliphatic heterocycles. The van der Waals surface area contributed by atoms with Gasteiger partial charge in [-0.3, -0.25) is 9.59 Å². The molecule has 0 unspecified atom stereocenters. The molecular formula is C21H32I2N6O9. The molecule has 17 heteroatoms. The number of carboxylic acids is 1. The number of hydrogen-bond donors (Lipinski definition) is 7. The van der Waals surface area contributed by atoms with Crippen LogP contribution in [0.2, 0.25) is 0 Å². The van der Waals surface area contributed by atoms with E-state index in [2.05, 4.69) is 21.3 Å². The molecule has 0 bridgehead atoms. The maximum Gasteiger partial charge on any atom is 0.407 e. The molecule has 0 atom stereocenters. The van der Waals surface area contributed by atoms with E-state index in [9.17, 15) is 24.0 Å². The number of alkyl carbamates (subject to hydrolysis) is 2. The molecule has 1 aromatic carbocycles. The van der Waals surface area contributed by atoms with E-state index < -0.39 is 18.2 Å². The smallest absolute Gasteiger partial charge is 0.407 e. The van der Waals surface area contributed by atoms with E-state index >= 15 is 0 Å². The minimum absolute atomic E-state index is 0.00461. The van der Waals surface area contributed by atoms with Crippen molar-refractivity contribution in [2.24, 2.45) is 11.5 Å². The SMILES string of the molecule is NCCNC(=O)OCCOCCOC(=O)NCCN.O=C(CI)Nc1cc(NC(=O)CI)cc(C(=O)O)c1. The molecule has 214 valence electrons. The van der Waals surface area contributed by atoms with Gasteiger partial charge in [0.15, 0.2) is 0 Å². The van der Waals surface area contributed by atoms with Crippen molar-refractivity contribution in [1.29, 1.82) is 0 Å². The molecular weight excluding hydrogens is 734 g/mol. The van der Waals surface area contributed by atoms with Crippen LogP contribution in [0.5, 0.6) is 0 Å². The number of amides is 4. The monoisotopic (exact) mass is 766 g/mol. The summed E-state index contributed by atoms with van der Waals surface area (Å²) in [7, 11) is 0. The molecule has 0 saturated heterocycles. The normalized spacial score (nSPS) is 9.79. The fourth-order valence-electron chi connectivity index (χ4n) is 2.22. The Labute approximate surface area is 246 Å². The van der Waals surface area contributed by atoms with Crippen molar-refractivity contribution >= 4 is 86.5 Å². The highest BCUT2D eigenvalue weighted by Crippen LogP contribution is 2.19. The van der Waals surface area contributed by atoms with Crippen molar-refractivity contribution in [2.75, 3.05) is 72.1 Å². The molecule has 0 aromatic heterocycles. The standard InChI is InChI=1S/C11H10I2N2O4.C10H22N4O5/c12-4-9(16)14-7-1-6(11(18)19)2-8(3-7)15-10(17)5-13;11-1-3-13-9(15)18-7-5-17-6-8-19-10(16)14-4-2-12/h1-3H,4-5H2,(H,14,16)(H,15,17)(H,18,19);1-8,11-12H2,(H,13,15)(H,14,16). The number of carboxylic acid groups (broad SMARTS) is 1. The molecule has 0 spiro atoms. The lowest BCUT2D eigenvalue weighted by atomic mass is 10.1. The summed E-state index contributed by atoms with van der Waals surface area (Å²) in [5.41, 5.74) is 11.1. The minimum atomic E-state index is -1.13. The quantitative estimate of drug-likeness (QED) is 0.0738. The largest absolute Gasteiger partial charge is 0.478 e. The summed E-state index contributed by atoms with van der Waals surface area (Å²) >= 11 is 3.80. The van der Waals surface area contributed by atoms with E-state index in [0.717, 1.165) is 0 Å². The number of carbonyl (C=O) groups is 5. The summed E-state index contributed by atoms with van der Waals surface area (Å²) in [4.78, 5) is 55.5. The first-order chi connectivity index (χ1) is 18.2. The maximum atomic E-state index is 11.3. The van der Waals surface area contributed by atoms with Crippen LogP contribution in [0.3, 0.4) is 0 Å². The number of rotatable bonds is 15. The van der Waals surface area contributed by atoms with Crippen LogP contribution in [0.15, 0.2) is 18.2 Å². The number of nitrogens with two attached hydrogens (primary N) is 2. The average Bonchev–Trinajstić information content (AvgIpc) is 2.90. The molecule has 38 heavy (non-hydrogen) atoms. The molecule has 0 fully saturated rings.